The molecule has 1 atom stereocenters. The Labute approximate surface area is 114 Å². The van der Waals surface area contributed by atoms with Gasteiger partial charge in [0.25, 0.3) is 5.22 Å². The van der Waals surface area contributed by atoms with Crippen LogP contribution in [0.25, 0.3) is 0 Å². The molecule has 7 nitrogen and oxygen atoms in total. The highest BCUT2D eigenvalue weighted by Gasteiger charge is 2.27. The molecule has 0 spiro atoms. The van der Waals surface area contributed by atoms with E-state index in [0.29, 0.717) is 6.04 Å². The first-order chi connectivity index (χ1) is 9.10. The molecule has 1 unspecified atom stereocenters. The van der Waals surface area contributed by atoms with E-state index in [-0.39, 0.29) is 28.9 Å². The first-order valence-corrected chi connectivity index (χ1v) is 6.95. The zero-order valence-electron chi connectivity index (χ0n) is 10.7. The number of rotatable bonds is 6. The number of aromatic nitrogens is 2. The van der Waals surface area contributed by atoms with Gasteiger partial charge in [-0.15, -0.1) is 5.10 Å². The molecule has 1 heterocycles. The fraction of sp³-hybridized carbons (Fsp3) is 0.636. The molecule has 1 N–H and O–H groups in total. The minimum atomic E-state index is -0.656. The topological polar surface area (TPSA) is 94.3 Å². The lowest BCUT2D eigenvalue weighted by Crippen LogP contribution is -2.32. The monoisotopic (exact) mass is 285 g/mol. The van der Waals surface area contributed by atoms with Gasteiger partial charge in [-0.05, 0) is 26.7 Å². The van der Waals surface area contributed by atoms with E-state index >= 15 is 0 Å². The Hall–Kier alpha value is -1.57. The van der Waals surface area contributed by atoms with Crippen LogP contribution in [0, 0.1) is 0 Å². The molecule has 0 saturated heterocycles. The number of hydrogen-bond donors (Lipinski definition) is 1. The van der Waals surface area contributed by atoms with Crippen LogP contribution in [0.4, 0.5) is 0 Å². The standard InChI is InChI=1S/C11H15N3O4S/c1-3-17-10(16)9-13-14-11(18-9)19-6(2)8(15)12-7-4-5-7/h6-7H,3-5H2,1-2H3,(H,12,15). The second-order valence-corrected chi connectivity index (χ2v) is 5.43. The van der Waals surface area contributed by atoms with Crippen LogP contribution < -0.4 is 5.32 Å². The summed E-state index contributed by atoms with van der Waals surface area (Å²) in [6.07, 6.45) is 2.08. The van der Waals surface area contributed by atoms with Crippen molar-refractivity contribution in [1.29, 1.82) is 0 Å². The summed E-state index contributed by atoms with van der Waals surface area (Å²) in [5, 5.41) is 9.99. The number of esters is 1. The molecule has 1 aliphatic rings. The van der Waals surface area contributed by atoms with Gasteiger partial charge >= 0.3 is 11.9 Å². The summed E-state index contributed by atoms with van der Waals surface area (Å²) in [7, 11) is 0. The lowest BCUT2D eigenvalue weighted by atomic mass is 10.4. The van der Waals surface area contributed by atoms with Crippen molar-refractivity contribution in [3.63, 3.8) is 0 Å². The van der Waals surface area contributed by atoms with Crippen molar-refractivity contribution < 1.29 is 18.7 Å². The van der Waals surface area contributed by atoms with Crippen molar-refractivity contribution in [3.05, 3.63) is 5.89 Å². The van der Waals surface area contributed by atoms with Crippen LogP contribution in [0.15, 0.2) is 9.64 Å². The van der Waals surface area contributed by atoms with Crippen LogP contribution in [0.5, 0.6) is 0 Å². The number of carbonyl (C=O) groups excluding carboxylic acids is 2. The van der Waals surface area contributed by atoms with E-state index in [2.05, 4.69) is 15.5 Å². The van der Waals surface area contributed by atoms with Crippen molar-refractivity contribution in [2.75, 3.05) is 6.61 Å². The van der Waals surface area contributed by atoms with Gasteiger partial charge in [0.15, 0.2) is 0 Å². The third-order valence-corrected chi connectivity index (χ3v) is 3.36. The number of amides is 1. The molecule has 0 aliphatic heterocycles. The van der Waals surface area contributed by atoms with Crippen LogP contribution in [-0.2, 0) is 9.53 Å². The lowest BCUT2D eigenvalue weighted by Gasteiger charge is -2.08. The van der Waals surface area contributed by atoms with Gasteiger partial charge in [-0.3, -0.25) is 4.79 Å². The van der Waals surface area contributed by atoms with Gasteiger partial charge in [0.1, 0.15) is 0 Å². The SMILES string of the molecule is CCOC(=O)c1nnc(SC(C)C(=O)NC2CC2)o1. The molecule has 1 saturated carbocycles. The van der Waals surface area contributed by atoms with E-state index in [1.54, 1.807) is 13.8 Å². The molecular formula is C11H15N3O4S. The van der Waals surface area contributed by atoms with Crippen molar-refractivity contribution >= 4 is 23.6 Å². The zero-order chi connectivity index (χ0) is 13.8. The van der Waals surface area contributed by atoms with E-state index in [1.165, 1.54) is 0 Å². The van der Waals surface area contributed by atoms with Gasteiger partial charge in [0.2, 0.25) is 5.91 Å². The van der Waals surface area contributed by atoms with E-state index < -0.39 is 5.97 Å². The maximum atomic E-state index is 11.7. The molecule has 19 heavy (non-hydrogen) atoms. The maximum Gasteiger partial charge on any atom is 0.396 e. The molecule has 2 rings (SSSR count). The molecule has 1 aromatic heterocycles. The largest absolute Gasteiger partial charge is 0.459 e. The van der Waals surface area contributed by atoms with E-state index in [1.807, 2.05) is 0 Å². The fourth-order valence-corrected chi connectivity index (χ4v) is 1.98. The van der Waals surface area contributed by atoms with E-state index in [0.717, 1.165) is 24.6 Å². The quantitative estimate of drug-likeness (QED) is 0.615. The predicted octanol–water partition coefficient (Wildman–Crippen LogP) is 1.01. The first kappa shape index (κ1) is 13.9. The number of carbonyl (C=O) groups is 2. The molecule has 1 amide bonds. The van der Waals surface area contributed by atoms with Crippen LogP contribution in [0.3, 0.4) is 0 Å². The molecular weight excluding hydrogens is 270 g/mol. The Morgan fingerprint density at radius 1 is 1.53 bits per heavy atom. The Kier molecular flexibility index (Phi) is 4.41. The first-order valence-electron chi connectivity index (χ1n) is 6.07. The lowest BCUT2D eigenvalue weighted by molar-refractivity contribution is -0.120. The van der Waals surface area contributed by atoms with Gasteiger partial charge in [-0.1, -0.05) is 16.9 Å². The molecule has 104 valence electrons. The summed E-state index contributed by atoms with van der Waals surface area (Å²) in [5.74, 6) is -0.917. The number of nitrogens with one attached hydrogen (secondary N) is 1. The van der Waals surface area contributed by atoms with Gasteiger partial charge in [0.05, 0.1) is 11.9 Å². The van der Waals surface area contributed by atoms with Gasteiger partial charge in [-0.2, -0.15) is 0 Å². The van der Waals surface area contributed by atoms with E-state index in [4.69, 9.17) is 9.15 Å². The van der Waals surface area contributed by atoms with Crippen molar-refractivity contribution in [2.45, 2.75) is 43.2 Å². The van der Waals surface area contributed by atoms with Crippen molar-refractivity contribution in [2.24, 2.45) is 0 Å². The Bertz CT molecular complexity index is 472. The van der Waals surface area contributed by atoms with Gasteiger partial charge < -0.3 is 14.5 Å². The molecule has 0 bridgehead atoms. The number of thioether (sulfide) groups is 1. The maximum absolute atomic E-state index is 11.7. The summed E-state index contributed by atoms with van der Waals surface area (Å²) in [6.45, 7) is 3.68. The van der Waals surface area contributed by atoms with Crippen LogP contribution in [-0.4, -0.2) is 40.0 Å². The molecule has 0 aromatic carbocycles. The molecule has 8 heteroatoms. The third kappa shape index (κ3) is 3.95. The minimum absolute atomic E-state index is 0.0663. The Morgan fingerprint density at radius 2 is 2.26 bits per heavy atom. The second-order valence-electron chi connectivity index (χ2n) is 4.14. The molecule has 1 fully saturated rings. The van der Waals surface area contributed by atoms with Crippen LogP contribution in [0.2, 0.25) is 0 Å². The minimum Gasteiger partial charge on any atom is -0.459 e. The normalized spacial score (nSPS) is 15.9. The Morgan fingerprint density at radius 3 is 2.89 bits per heavy atom. The van der Waals surface area contributed by atoms with Crippen LogP contribution >= 0.6 is 11.8 Å². The summed E-state index contributed by atoms with van der Waals surface area (Å²) in [6, 6.07) is 0.313. The highest BCUT2D eigenvalue weighted by Crippen LogP contribution is 2.24. The number of nitrogens with zero attached hydrogens (tertiary/aromatic N) is 2. The average molecular weight is 285 g/mol. The summed E-state index contributed by atoms with van der Waals surface area (Å²) in [4.78, 5) is 23.1. The molecule has 0 radical (unpaired) electrons. The summed E-state index contributed by atoms with van der Waals surface area (Å²) >= 11 is 1.12. The average Bonchev–Trinajstić information content (AvgIpc) is 3.05. The fourth-order valence-electron chi connectivity index (χ4n) is 1.28. The molecule has 1 aromatic rings. The highest BCUT2D eigenvalue weighted by molar-refractivity contribution is 8.00. The van der Waals surface area contributed by atoms with Gasteiger partial charge in [0, 0.05) is 6.04 Å². The second kappa shape index (κ2) is 6.05. The predicted molar refractivity (Wildman–Crippen MR) is 66.7 cm³/mol. The smallest absolute Gasteiger partial charge is 0.396 e. The summed E-state index contributed by atoms with van der Waals surface area (Å²) < 4.78 is 9.86. The third-order valence-electron chi connectivity index (χ3n) is 2.43. The number of hydrogen-bond acceptors (Lipinski definition) is 7. The number of ether oxygens (including phenoxy) is 1. The Balaban J connectivity index is 1.87. The summed E-state index contributed by atoms with van der Waals surface area (Å²) in [5.41, 5.74) is 0. The molecule has 1 aliphatic carbocycles. The van der Waals surface area contributed by atoms with Gasteiger partial charge in [-0.25, -0.2) is 4.79 Å². The highest BCUT2D eigenvalue weighted by atomic mass is 32.2. The zero-order valence-corrected chi connectivity index (χ0v) is 11.5. The van der Waals surface area contributed by atoms with Crippen molar-refractivity contribution in [3.8, 4) is 0 Å². The van der Waals surface area contributed by atoms with Crippen LogP contribution in [0.1, 0.15) is 37.4 Å². The van der Waals surface area contributed by atoms with Crippen molar-refractivity contribution in [1.82, 2.24) is 15.5 Å². The van der Waals surface area contributed by atoms with E-state index in [9.17, 15) is 9.59 Å².